The molecule has 4 rings (SSSR count). The van der Waals surface area contributed by atoms with Gasteiger partial charge in [0.05, 0.1) is 11.8 Å². The van der Waals surface area contributed by atoms with Gasteiger partial charge in [-0.25, -0.2) is 4.39 Å². The summed E-state index contributed by atoms with van der Waals surface area (Å²) >= 11 is 0. The van der Waals surface area contributed by atoms with E-state index in [4.69, 9.17) is 0 Å². The van der Waals surface area contributed by atoms with Gasteiger partial charge in [0.1, 0.15) is 5.82 Å². The first-order valence-electron chi connectivity index (χ1n) is 11.1. The van der Waals surface area contributed by atoms with Crippen molar-refractivity contribution in [3.05, 3.63) is 47.8 Å². The predicted octanol–water partition coefficient (Wildman–Crippen LogP) is 3.08. The molecule has 6 nitrogen and oxygen atoms in total. The normalized spacial score (nSPS) is 26.4. The fraction of sp³-hybridized carbons (Fsp3) is 0.542. The number of rotatable bonds is 7. The number of carbonyl (C=O) groups excluding carboxylic acids is 2. The maximum absolute atomic E-state index is 13.6. The van der Waals surface area contributed by atoms with E-state index in [1.54, 1.807) is 19.2 Å². The second-order valence-corrected chi connectivity index (χ2v) is 9.43. The summed E-state index contributed by atoms with van der Waals surface area (Å²) in [6.07, 6.45) is 5.84. The Hall–Kier alpha value is -1.97. The van der Waals surface area contributed by atoms with Crippen molar-refractivity contribution in [2.45, 2.75) is 32.1 Å². The molecule has 0 radical (unpaired) electrons. The van der Waals surface area contributed by atoms with Crippen LogP contribution in [0.4, 0.5) is 4.39 Å². The van der Waals surface area contributed by atoms with Crippen LogP contribution < -0.4 is 10.6 Å². The minimum atomic E-state index is -0.278. The van der Waals surface area contributed by atoms with Gasteiger partial charge in [0.25, 0.3) is 0 Å². The number of hydrogen-bond acceptors (Lipinski definition) is 3. The molecule has 0 aromatic heterocycles. The lowest BCUT2D eigenvalue weighted by Gasteiger charge is -2.27. The van der Waals surface area contributed by atoms with Gasteiger partial charge < -0.3 is 10.6 Å². The van der Waals surface area contributed by atoms with Crippen LogP contribution in [0, 0.1) is 29.5 Å². The number of hydrogen-bond donors (Lipinski definition) is 2. The summed E-state index contributed by atoms with van der Waals surface area (Å²) in [5.41, 5.74) is 0.634. The lowest BCUT2D eigenvalue weighted by Crippen LogP contribution is -2.44. The highest BCUT2D eigenvalue weighted by atomic mass is 127. The van der Waals surface area contributed by atoms with Crippen LogP contribution in [0.5, 0.6) is 0 Å². The van der Waals surface area contributed by atoms with Gasteiger partial charge in [-0.3, -0.25) is 19.5 Å². The molecule has 1 aromatic carbocycles. The van der Waals surface area contributed by atoms with Gasteiger partial charge in [-0.1, -0.05) is 38.1 Å². The zero-order chi connectivity index (χ0) is 22.2. The molecule has 32 heavy (non-hydrogen) atoms. The van der Waals surface area contributed by atoms with Crippen LogP contribution in [0.2, 0.25) is 0 Å². The van der Waals surface area contributed by atoms with Crippen LogP contribution in [0.3, 0.4) is 0 Å². The highest BCUT2D eigenvalue weighted by Gasteiger charge is 2.58. The molecule has 1 aromatic rings. The zero-order valence-corrected chi connectivity index (χ0v) is 21.1. The number of likely N-dealkylation sites (tertiary alicyclic amines) is 1. The number of imide groups is 1. The van der Waals surface area contributed by atoms with Crippen molar-refractivity contribution in [2.24, 2.45) is 28.7 Å². The summed E-state index contributed by atoms with van der Waals surface area (Å²) in [6.45, 7) is 5.70. The van der Waals surface area contributed by atoms with Crippen molar-refractivity contribution in [1.82, 2.24) is 15.5 Å². The van der Waals surface area contributed by atoms with Gasteiger partial charge in [0.15, 0.2) is 5.96 Å². The minimum absolute atomic E-state index is 0. The second kappa shape index (κ2) is 9.89. The number of nitrogens with zero attached hydrogens (tertiary/aromatic N) is 2. The summed E-state index contributed by atoms with van der Waals surface area (Å²) in [5.74, 6) is 0.648. The number of carbonyl (C=O) groups is 2. The van der Waals surface area contributed by atoms with Crippen molar-refractivity contribution in [3.8, 4) is 0 Å². The average molecular weight is 554 g/mol. The third kappa shape index (κ3) is 4.70. The number of nitrogens with one attached hydrogen (secondary N) is 2. The number of halogens is 2. The number of guanidine groups is 1. The summed E-state index contributed by atoms with van der Waals surface area (Å²) in [7, 11) is 1.70. The maximum Gasteiger partial charge on any atom is 0.233 e. The molecular formula is C24H32FIN4O2. The molecule has 2 fully saturated rings. The Labute approximate surface area is 206 Å². The highest BCUT2D eigenvalue weighted by Crippen LogP contribution is 2.52. The second-order valence-electron chi connectivity index (χ2n) is 9.43. The van der Waals surface area contributed by atoms with E-state index in [0.717, 1.165) is 12.0 Å². The van der Waals surface area contributed by atoms with E-state index < -0.39 is 0 Å². The molecule has 174 valence electrons. The van der Waals surface area contributed by atoms with E-state index in [0.29, 0.717) is 32.0 Å². The first-order chi connectivity index (χ1) is 14.8. The van der Waals surface area contributed by atoms with Gasteiger partial charge >= 0.3 is 0 Å². The fourth-order valence-electron chi connectivity index (χ4n) is 5.17. The monoisotopic (exact) mass is 554 g/mol. The van der Waals surface area contributed by atoms with Crippen molar-refractivity contribution < 1.29 is 14.0 Å². The highest BCUT2D eigenvalue weighted by molar-refractivity contribution is 14.0. The third-order valence-corrected chi connectivity index (χ3v) is 6.94. The molecule has 8 heteroatoms. The van der Waals surface area contributed by atoms with Crippen LogP contribution in [-0.2, 0) is 15.0 Å². The van der Waals surface area contributed by atoms with Crippen LogP contribution in [-0.4, -0.2) is 49.4 Å². The molecule has 4 unspecified atom stereocenters. The molecule has 1 heterocycles. The number of allylic oxidation sites excluding steroid dienone is 2. The molecular weight excluding hydrogens is 522 g/mol. The van der Waals surface area contributed by atoms with E-state index in [1.807, 2.05) is 19.9 Å². The summed E-state index contributed by atoms with van der Waals surface area (Å²) < 4.78 is 13.6. The molecule has 2 N–H and O–H groups in total. The maximum atomic E-state index is 13.6. The first kappa shape index (κ1) is 24.7. The SMILES string of the molecule is CN=C(NCCCN1C(=O)C2C3C=CC(C3)C2C1=O)NCC(C)(C)c1cccc(F)c1.I. The van der Waals surface area contributed by atoms with Crippen molar-refractivity contribution >= 4 is 41.8 Å². The number of aliphatic imine (C=N–C) groups is 1. The van der Waals surface area contributed by atoms with Gasteiger partial charge in [-0.15, -0.1) is 24.0 Å². The molecule has 2 aliphatic carbocycles. The Morgan fingerprint density at radius 3 is 2.41 bits per heavy atom. The zero-order valence-electron chi connectivity index (χ0n) is 18.8. The minimum Gasteiger partial charge on any atom is -0.356 e. The van der Waals surface area contributed by atoms with Gasteiger partial charge in [0.2, 0.25) is 11.8 Å². The van der Waals surface area contributed by atoms with Gasteiger partial charge in [-0.2, -0.15) is 0 Å². The Kier molecular flexibility index (Phi) is 7.62. The summed E-state index contributed by atoms with van der Waals surface area (Å²) in [4.78, 5) is 31.2. The van der Waals surface area contributed by atoms with Crippen LogP contribution in [0.1, 0.15) is 32.3 Å². The molecule has 4 atom stereocenters. The quantitative estimate of drug-likeness (QED) is 0.136. The number of amides is 2. The van der Waals surface area contributed by atoms with Gasteiger partial charge in [0, 0.05) is 32.1 Å². The van der Waals surface area contributed by atoms with E-state index in [1.165, 1.54) is 11.0 Å². The predicted molar refractivity (Wildman–Crippen MR) is 133 cm³/mol. The Morgan fingerprint density at radius 2 is 1.81 bits per heavy atom. The molecule has 3 aliphatic rings. The standard InChI is InChI=1S/C24H31FN4O2.HI/c1-24(2,17-6-4-7-18(25)13-17)14-28-23(26-3)27-10-5-11-29-21(30)19-15-8-9-16(12-15)20(19)22(29)31;/h4,6-9,13,15-16,19-20H,5,10-12,14H2,1-3H3,(H2,26,27,28);1H. The molecule has 0 spiro atoms. The van der Waals surface area contributed by atoms with E-state index in [-0.39, 0.29) is 70.7 Å². The van der Waals surface area contributed by atoms with E-state index >= 15 is 0 Å². The number of fused-ring (bicyclic) bond motifs is 5. The summed E-state index contributed by atoms with van der Waals surface area (Å²) in [5, 5.41) is 6.53. The molecule has 1 aliphatic heterocycles. The van der Waals surface area contributed by atoms with Gasteiger partial charge in [-0.05, 0) is 42.4 Å². The van der Waals surface area contributed by atoms with Crippen LogP contribution in [0.15, 0.2) is 41.4 Å². The molecule has 1 saturated heterocycles. The van der Waals surface area contributed by atoms with Crippen molar-refractivity contribution in [2.75, 3.05) is 26.7 Å². The first-order valence-corrected chi connectivity index (χ1v) is 11.1. The summed E-state index contributed by atoms with van der Waals surface area (Å²) in [6, 6.07) is 6.63. The fourth-order valence-corrected chi connectivity index (χ4v) is 5.17. The molecule has 2 bridgehead atoms. The van der Waals surface area contributed by atoms with E-state index in [2.05, 4.69) is 27.8 Å². The van der Waals surface area contributed by atoms with Crippen molar-refractivity contribution in [1.29, 1.82) is 0 Å². The molecule has 2 amide bonds. The smallest absolute Gasteiger partial charge is 0.233 e. The van der Waals surface area contributed by atoms with Crippen LogP contribution >= 0.6 is 24.0 Å². The number of benzene rings is 1. The Morgan fingerprint density at radius 1 is 1.16 bits per heavy atom. The lowest BCUT2D eigenvalue weighted by atomic mass is 9.84. The van der Waals surface area contributed by atoms with Crippen LogP contribution in [0.25, 0.3) is 0 Å². The Balaban J connectivity index is 0.00000289. The Bertz CT molecular complexity index is 902. The molecule has 1 saturated carbocycles. The largest absolute Gasteiger partial charge is 0.356 e. The average Bonchev–Trinajstić information content (AvgIpc) is 3.42. The topological polar surface area (TPSA) is 73.8 Å². The lowest BCUT2D eigenvalue weighted by molar-refractivity contribution is -0.140. The van der Waals surface area contributed by atoms with Crippen molar-refractivity contribution in [3.63, 3.8) is 0 Å². The third-order valence-electron chi connectivity index (χ3n) is 6.94. The van der Waals surface area contributed by atoms with E-state index in [9.17, 15) is 14.0 Å².